The smallest absolute Gasteiger partial charge is 0.228 e. The van der Waals surface area contributed by atoms with Crippen molar-refractivity contribution >= 4 is 34.0 Å². The van der Waals surface area contributed by atoms with Crippen molar-refractivity contribution in [3.05, 3.63) is 65.5 Å². The summed E-state index contributed by atoms with van der Waals surface area (Å²) in [5, 5.41) is 6.64. The zero-order valence-electron chi connectivity index (χ0n) is 17.4. The zero-order valence-corrected chi connectivity index (χ0v) is 18.2. The predicted molar refractivity (Wildman–Crippen MR) is 126 cm³/mol. The van der Waals surface area contributed by atoms with E-state index < -0.39 is 0 Å². The third-order valence-corrected chi connectivity index (χ3v) is 6.32. The fraction of sp³-hybridized carbons (Fsp3) is 0.250. The Hall–Kier alpha value is -3.16. The normalized spacial score (nSPS) is 14.0. The first-order valence-electron chi connectivity index (χ1n) is 10.4. The van der Waals surface area contributed by atoms with Crippen LogP contribution in [0.5, 0.6) is 5.75 Å². The van der Waals surface area contributed by atoms with E-state index in [2.05, 4.69) is 58.1 Å². The van der Waals surface area contributed by atoms with Crippen molar-refractivity contribution in [2.24, 2.45) is 0 Å². The Morgan fingerprint density at radius 3 is 2.65 bits per heavy atom. The maximum atomic E-state index is 5.51. The van der Waals surface area contributed by atoms with Crippen molar-refractivity contribution < 1.29 is 9.47 Å². The number of nitrogens with zero attached hydrogens (tertiary/aromatic N) is 3. The summed E-state index contributed by atoms with van der Waals surface area (Å²) in [6.07, 6.45) is 0. The molecular formula is C24H24N4O2S. The molecule has 7 heteroatoms. The van der Waals surface area contributed by atoms with Gasteiger partial charge in [-0.25, -0.2) is 4.98 Å². The van der Waals surface area contributed by atoms with Gasteiger partial charge < -0.3 is 19.7 Å². The van der Waals surface area contributed by atoms with Gasteiger partial charge in [-0.3, -0.25) is 0 Å². The molecule has 1 saturated heterocycles. The minimum Gasteiger partial charge on any atom is -0.497 e. The Bertz CT molecular complexity index is 1160. The van der Waals surface area contributed by atoms with Crippen molar-refractivity contribution in [3.63, 3.8) is 0 Å². The Balaban J connectivity index is 1.50. The molecular weight excluding hydrogens is 408 g/mol. The largest absolute Gasteiger partial charge is 0.497 e. The molecule has 0 spiro atoms. The average molecular weight is 433 g/mol. The monoisotopic (exact) mass is 432 g/mol. The molecule has 158 valence electrons. The van der Waals surface area contributed by atoms with Gasteiger partial charge in [0.05, 0.1) is 25.8 Å². The van der Waals surface area contributed by atoms with Gasteiger partial charge in [-0.05, 0) is 46.8 Å². The minimum absolute atomic E-state index is 0.672. The lowest BCUT2D eigenvalue weighted by Gasteiger charge is -2.27. The highest BCUT2D eigenvalue weighted by Gasteiger charge is 2.17. The summed E-state index contributed by atoms with van der Waals surface area (Å²) in [6.45, 7) is 3.67. The van der Waals surface area contributed by atoms with Crippen LogP contribution < -0.4 is 15.0 Å². The number of nitrogens with one attached hydrogen (secondary N) is 1. The summed E-state index contributed by atoms with van der Waals surface area (Å²) in [6, 6.07) is 18.7. The van der Waals surface area contributed by atoms with Crippen LogP contribution in [0.1, 0.15) is 5.56 Å². The summed E-state index contributed by atoms with van der Waals surface area (Å²) in [7, 11) is 1.68. The molecule has 0 bridgehead atoms. The maximum absolute atomic E-state index is 5.51. The standard InChI is InChI=1S/C24H24N4O2S/c1-29-19-7-4-17(5-8-19)16-25-23-20-9-6-18(22-3-2-14-31-22)15-21(20)26-24(27-23)28-10-12-30-13-11-28/h2-9,14-15H,10-13,16H2,1H3,(H,25,26,27). The third-order valence-electron chi connectivity index (χ3n) is 5.40. The van der Waals surface area contributed by atoms with E-state index in [1.54, 1.807) is 18.4 Å². The number of hydrogen-bond donors (Lipinski definition) is 1. The maximum Gasteiger partial charge on any atom is 0.228 e. The van der Waals surface area contributed by atoms with Crippen LogP contribution >= 0.6 is 11.3 Å². The lowest BCUT2D eigenvalue weighted by atomic mass is 10.1. The van der Waals surface area contributed by atoms with Crippen molar-refractivity contribution in [1.82, 2.24) is 9.97 Å². The molecule has 3 heterocycles. The molecule has 2 aromatic heterocycles. The molecule has 0 amide bonds. The van der Waals surface area contributed by atoms with E-state index in [0.717, 1.165) is 47.1 Å². The molecule has 0 atom stereocenters. The molecule has 4 aromatic rings. The topological polar surface area (TPSA) is 59.5 Å². The van der Waals surface area contributed by atoms with E-state index in [9.17, 15) is 0 Å². The molecule has 2 aromatic carbocycles. The summed E-state index contributed by atoms with van der Waals surface area (Å²) in [4.78, 5) is 13.2. The van der Waals surface area contributed by atoms with E-state index in [1.165, 1.54) is 10.4 Å². The van der Waals surface area contributed by atoms with Crippen LogP contribution in [-0.2, 0) is 11.3 Å². The van der Waals surface area contributed by atoms with Gasteiger partial charge in [-0.15, -0.1) is 11.3 Å². The van der Waals surface area contributed by atoms with Crippen LogP contribution in [-0.4, -0.2) is 43.4 Å². The highest BCUT2D eigenvalue weighted by Crippen LogP contribution is 2.31. The van der Waals surface area contributed by atoms with Gasteiger partial charge in [-0.1, -0.05) is 24.3 Å². The van der Waals surface area contributed by atoms with E-state index in [1.807, 2.05) is 12.1 Å². The molecule has 31 heavy (non-hydrogen) atoms. The van der Waals surface area contributed by atoms with Gasteiger partial charge in [0.15, 0.2) is 0 Å². The molecule has 1 N–H and O–H groups in total. The first-order valence-corrected chi connectivity index (χ1v) is 11.2. The summed E-state index contributed by atoms with van der Waals surface area (Å²) in [5.74, 6) is 2.45. The molecule has 1 fully saturated rings. The SMILES string of the molecule is COc1ccc(CNc2nc(N3CCOCC3)nc3cc(-c4cccs4)ccc23)cc1. The molecule has 1 aliphatic heterocycles. The number of thiophene rings is 1. The minimum atomic E-state index is 0.672. The molecule has 0 aliphatic carbocycles. The second kappa shape index (κ2) is 8.91. The number of morpholine rings is 1. The first-order chi connectivity index (χ1) is 15.3. The number of ether oxygens (including phenoxy) is 2. The van der Waals surface area contributed by atoms with Gasteiger partial charge in [0.1, 0.15) is 11.6 Å². The number of benzene rings is 2. The molecule has 6 nitrogen and oxygen atoms in total. The fourth-order valence-corrected chi connectivity index (χ4v) is 4.41. The van der Waals surface area contributed by atoms with Gasteiger partial charge in [-0.2, -0.15) is 4.98 Å². The molecule has 0 unspecified atom stereocenters. The van der Waals surface area contributed by atoms with Crippen LogP contribution in [0, 0.1) is 0 Å². The van der Waals surface area contributed by atoms with Gasteiger partial charge in [0.25, 0.3) is 0 Å². The van der Waals surface area contributed by atoms with E-state index in [4.69, 9.17) is 19.4 Å². The number of rotatable bonds is 6. The Labute approximate surface area is 185 Å². The van der Waals surface area contributed by atoms with Crippen molar-refractivity contribution in [2.75, 3.05) is 43.6 Å². The molecule has 5 rings (SSSR count). The summed E-state index contributed by atoms with van der Waals surface area (Å²) in [5.41, 5.74) is 3.28. The number of methoxy groups -OCH3 is 1. The Morgan fingerprint density at radius 2 is 1.90 bits per heavy atom. The quantitative estimate of drug-likeness (QED) is 0.472. The van der Waals surface area contributed by atoms with Gasteiger partial charge in [0, 0.05) is 29.9 Å². The fourth-order valence-electron chi connectivity index (χ4n) is 3.68. The van der Waals surface area contributed by atoms with Crippen molar-refractivity contribution in [3.8, 4) is 16.2 Å². The second-order valence-electron chi connectivity index (χ2n) is 7.38. The van der Waals surface area contributed by atoms with Crippen LogP contribution in [0.25, 0.3) is 21.3 Å². The highest BCUT2D eigenvalue weighted by atomic mass is 32.1. The van der Waals surface area contributed by atoms with Crippen LogP contribution in [0.3, 0.4) is 0 Å². The third kappa shape index (κ3) is 4.33. The average Bonchev–Trinajstić information content (AvgIpc) is 3.38. The van der Waals surface area contributed by atoms with Crippen LogP contribution in [0.15, 0.2) is 60.0 Å². The number of hydrogen-bond acceptors (Lipinski definition) is 7. The molecule has 1 aliphatic rings. The summed E-state index contributed by atoms with van der Waals surface area (Å²) >= 11 is 1.74. The number of aromatic nitrogens is 2. The first kappa shape index (κ1) is 19.8. The van der Waals surface area contributed by atoms with E-state index in [0.29, 0.717) is 19.8 Å². The van der Waals surface area contributed by atoms with Gasteiger partial charge >= 0.3 is 0 Å². The number of fused-ring (bicyclic) bond motifs is 1. The van der Waals surface area contributed by atoms with Crippen molar-refractivity contribution in [1.29, 1.82) is 0 Å². The lowest BCUT2D eigenvalue weighted by molar-refractivity contribution is 0.122. The van der Waals surface area contributed by atoms with E-state index >= 15 is 0 Å². The Kier molecular flexibility index (Phi) is 5.69. The second-order valence-corrected chi connectivity index (χ2v) is 8.33. The molecule has 0 saturated carbocycles. The molecule has 0 radical (unpaired) electrons. The summed E-state index contributed by atoms with van der Waals surface area (Å²) < 4.78 is 10.8. The van der Waals surface area contributed by atoms with Crippen LogP contribution in [0.4, 0.5) is 11.8 Å². The highest BCUT2D eigenvalue weighted by molar-refractivity contribution is 7.13. The predicted octanol–water partition coefficient (Wildman–Crippen LogP) is 4.82. The Morgan fingerprint density at radius 1 is 1.06 bits per heavy atom. The zero-order chi connectivity index (χ0) is 21.0. The van der Waals surface area contributed by atoms with Crippen LogP contribution in [0.2, 0.25) is 0 Å². The van der Waals surface area contributed by atoms with E-state index in [-0.39, 0.29) is 0 Å². The van der Waals surface area contributed by atoms with Crippen molar-refractivity contribution in [2.45, 2.75) is 6.54 Å². The lowest BCUT2D eigenvalue weighted by Crippen LogP contribution is -2.37. The van der Waals surface area contributed by atoms with Gasteiger partial charge in [0.2, 0.25) is 5.95 Å². The number of anilines is 2.